The maximum Gasteiger partial charge on any atom is 0.0498 e. The highest BCUT2D eigenvalue weighted by Crippen LogP contribution is 2.36. The molecule has 0 unspecified atom stereocenters. The fraction of sp³-hybridized carbons (Fsp3) is 0.333. The van der Waals surface area contributed by atoms with E-state index in [0.717, 1.165) is 12.8 Å². The molecule has 0 aliphatic heterocycles. The Bertz CT molecular complexity index is 560. The van der Waals surface area contributed by atoms with Crippen LogP contribution in [0.25, 0.3) is 17.0 Å². The highest BCUT2D eigenvalue weighted by molar-refractivity contribution is 5.90. The van der Waals surface area contributed by atoms with Gasteiger partial charge in [0.1, 0.15) is 0 Å². The third-order valence-electron chi connectivity index (χ3n) is 3.66. The van der Waals surface area contributed by atoms with Crippen LogP contribution in [0.5, 0.6) is 0 Å². The van der Waals surface area contributed by atoms with Crippen molar-refractivity contribution in [2.45, 2.75) is 32.6 Å². The summed E-state index contributed by atoms with van der Waals surface area (Å²) in [5.74, 6) is 0.632. The van der Waals surface area contributed by atoms with Gasteiger partial charge in [0.05, 0.1) is 0 Å². The SMILES string of the molecule is CCc1cc2c(c3[nH]ccc13)[C@@H](C)CC=C2. The van der Waals surface area contributed by atoms with E-state index in [1.807, 2.05) is 0 Å². The predicted molar refractivity (Wildman–Crippen MR) is 69.7 cm³/mol. The van der Waals surface area contributed by atoms with Crippen molar-refractivity contribution in [2.24, 2.45) is 0 Å². The number of hydrogen-bond donors (Lipinski definition) is 1. The van der Waals surface area contributed by atoms with Crippen molar-refractivity contribution in [3.63, 3.8) is 0 Å². The molecule has 0 amide bonds. The Hall–Kier alpha value is -1.50. The van der Waals surface area contributed by atoms with Gasteiger partial charge in [-0.3, -0.25) is 0 Å². The van der Waals surface area contributed by atoms with Crippen LogP contribution in [-0.2, 0) is 6.42 Å². The molecule has 0 spiro atoms. The van der Waals surface area contributed by atoms with E-state index < -0.39 is 0 Å². The van der Waals surface area contributed by atoms with E-state index in [9.17, 15) is 0 Å². The summed E-state index contributed by atoms with van der Waals surface area (Å²) >= 11 is 0. The summed E-state index contributed by atoms with van der Waals surface area (Å²) in [5.41, 5.74) is 5.71. The number of fused-ring (bicyclic) bond motifs is 3. The van der Waals surface area contributed by atoms with Gasteiger partial charge in [0.2, 0.25) is 0 Å². The minimum absolute atomic E-state index is 0.632. The molecule has 2 aromatic rings. The molecule has 82 valence electrons. The molecule has 1 aromatic heterocycles. The Labute approximate surface area is 96.2 Å². The summed E-state index contributed by atoms with van der Waals surface area (Å²) in [6.07, 6.45) is 8.89. The van der Waals surface area contributed by atoms with Crippen molar-refractivity contribution >= 4 is 17.0 Å². The number of nitrogens with one attached hydrogen (secondary N) is 1. The number of benzene rings is 1. The van der Waals surface area contributed by atoms with Crippen LogP contribution < -0.4 is 0 Å². The van der Waals surface area contributed by atoms with Crippen molar-refractivity contribution in [1.29, 1.82) is 0 Å². The minimum Gasteiger partial charge on any atom is -0.361 e. The Kier molecular flexibility index (Phi) is 2.13. The van der Waals surface area contributed by atoms with Crippen LogP contribution in [0, 0.1) is 0 Å². The third-order valence-corrected chi connectivity index (χ3v) is 3.66. The van der Waals surface area contributed by atoms with Crippen LogP contribution in [0.1, 0.15) is 42.9 Å². The Morgan fingerprint density at radius 1 is 1.44 bits per heavy atom. The van der Waals surface area contributed by atoms with Gasteiger partial charge in [-0.1, -0.05) is 32.1 Å². The largest absolute Gasteiger partial charge is 0.361 e. The van der Waals surface area contributed by atoms with E-state index >= 15 is 0 Å². The Morgan fingerprint density at radius 2 is 2.31 bits per heavy atom. The van der Waals surface area contributed by atoms with Crippen LogP contribution in [0.4, 0.5) is 0 Å². The smallest absolute Gasteiger partial charge is 0.0498 e. The van der Waals surface area contributed by atoms with E-state index in [4.69, 9.17) is 0 Å². The monoisotopic (exact) mass is 211 g/mol. The van der Waals surface area contributed by atoms with E-state index in [0.29, 0.717) is 5.92 Å². The first kappa shape index (κ1) is 9.71. The van der Waals surface area contributed by atoms with Gasteiger partial charge in [-0.15, -0.1) is 0 Å². The van der Waals surface area contributed by atoms with Crippen molar-refractivity contribution in [3.05, 3.63) is 41.1 Å². The fourth-order valence-corrected chi connectivity index (χ4v) is 2.83. The summed E-state index contributed by atoms with van der Waals surface area (Å²) < 4.78 is 0. The summed E-state index contributed by atoms with van der Waals surface area (Å²) in [6, 6.07) is 4.57. The number of allylic oxidation sites excluding steroid dienone is 1. The molecule has 16 heavy (non-hydrogen) atoms. The molecule has 1 aliphatic rings. The number of aromatic amines is 1. The van der Waals surface area contributed by atoms with Crippen molar-refractivity contribution in [2.75, 3.05) is 0 Å². The lowest BCUT2D eigenvalue weighted by molar-refractivity contribution is 0.777. The summed E-state index contributed by atoms with van der Waals surface area (Å²) in [6.45, 7) is 4.54. The van der Waals surface area contributed by atoms with Gasteiger partial charge in [0.15, 0.2) is 0 Å². The highest BCUT2D eigenvalue weighted by atomic mass is 14.7. The number of hydrogen-bond acceptors (Lipinski definition) is 0. The van der Waals surface area contributed by atoms with Gasteiger partial charge in [-0.05, 0) is 41.5 Å². The molecule has 0 saturated heterocycles. The second-order valence-electron chi connectivity index (χ2n) is 4.70. The number of rotatable bonds is 1. The zero-order chi connectivity index (χ0) is 11.1. The third kappa shape index (κ3) is 1.24. The van der Waals surface area contributed by atoms with Gasteiger partial charge >= 0.3 is 0 Å². The van der Waals surface area contributed by atoms with Gasteiger partial charge in [0, 0.05) is 17.1 Å². The highest BCUT2D eigenvalue weighted by Gasteiger charge is 2.18. The van der Waals surface area contributed by atoms with E-state index in [-0.39, 0.29) is 0 Å². The minimum atomic E-state index is 0.632. The number of H-pyrrole nitrogens is 1. The van der Waals surface area contributed by atoms with Gasteiger partial charge in [0.25, 0.3) is 0 Å². The first-order valence-electron chi connectivity index (χ1n) is 6.10. The lowest BCUT2D eigenvalue weighted by Crippen LogP contribution is -2.02. The second kappa shape index (κ2) is 3.51. The molecule has 1 heterocycles. The molecule has 1 atom stereocenters. The van der Waals surface area contributed by atoms with Crippen LogP contribution in [0.2, 0.25) is 0 Å². The Morgan fingerprint density at radius 3 is 3.12 bits per heavy atom. The standard InChI is InChI=1S/C15H17N/c1-3-11-9-12-6-4-5-10(2)14(12)15-13(11)7-8-16-15/h4,6-10,16H,3,5H2,1-2H3/t10-/m0/s1. The van der Waals surface area contributed by atoms with Crippen molar-refractivity contribution in [3.8, 4) is 0 Å². The molecule has 0 saturated carbocycles. The molecule has 1 aromatic carbocycles. The molecular formula is C15H17N. The van der Waals surface area contributed by atoms with E-state index in [1.54, 1.807) is 0 Å². The van der Waals surface area contributed by atoms with Crippen LogP contribution in [0.15, 0.2) is 24.4 Å². The first-order chi connectivity index (χ1) is 7.81. The average Bonchev–Trinajstić information content (AvgIpc) is 2.76. The molecule has 1 heteroatoms. The quantitative estimate of drug-likeness (QED) is 0.725. The maximum absolute atomic E-state index is 3.42. The second-order valence-corrected chi connectivity index (χ2v) is 4.70. The van der Waals surface area contributed by atoms with Crippen molar-refractivity contribution in [1.82, 2.24) is 4.98 Å². The lowest BCUT2D eigenvalue weighted by atomic mass is 9.85. The lowest BCUT2D eigenvalue weighted by Gasteiger charge is -2.20. The van der Waals surface area contributed by atoms with E-state index in [2.05, 4.69) is 49.3 Å². The van der Waals surface area contributed by atoms with Crippen LogP contribution >= 0.6 is 0 Å². The molecule has 1 N–H and O–H groups in total. The average molecular weight is 211 g/mol. The van der Waals surface area contributed by atoms with E-state index in [1.165, 1.54) is 27.6 Å². The van der Waals surface area contributed by atoms with Crippen molar-refractivity contribution < 1.29 is 0 Å². The predicted octanol–water partition coefficient (Wildman–Crippen LogP) is 4.25. The zero-order valence-electron chi connectivity index (χ0n) is 9.88. The Balaban J connectivity index is 2.40. The van der Waals surface area contributed by atoms with Gasteiger partial charge in [-0.25, -0.2) is 0 Å². The molecule has 0 bridgehead atoms. The van der Waals surface area contributed by atoms with Crippen LogP contribution in [0.3, 0.4) is 0 Å². The summed E-state index contributed by atoms with van der Waals surface area (Å²) in [5, 5.41) is 1.41. The normalized spacial score (nSPS) is 19.0. The molecule has 0 radical (unpaired) electrons. The fourth-order valence-electron chi connectivity index (χ4n) is 2.83. The first-order valence-corrected chi connectivity index (χ1v) is 6.10. The number of aromatic nitrogens is 1. The van der Waals surface area contributed by atoms with Crippen LogP contribution in [-0.4, -0.2) is 4.98 Å². The molecule has 0 fully saturated rings. The van der Waals surface area contributed by atoms with Gasteiger partial charge in [-0.2, -0.15) is 0 Å². The molecule has 1 nitrogen and oxygen atoms in total. The maximum atomic E-state index is 3.42. The summed E-state index contributed by atoms with van der Waals surface area (Å²) in [7, 11) is 0. The molecule has 3 rings (SSSR count). The summed E-state index contributed by atoms with van der Waals surface area (Å²) in [4.78, 5) is 3.42. The molecular weight excluding hydrogens is 194 g/mol. The number of aryl methyl sites for hydroxylation is 1. The van der Waals surface area contributed by atoms with Gasteiger partial charge < -0.3 is 4.98 Å². The zero-order valence-corrected chi connectivity index (χ0v) is 9.88. The molecule has 1 aliphatic carbocycles. The topological polar surface area (TPSA) is 15.8 Å².